The number of ether oxygens (including phenoxy) is 1. The third-order valence-electron chi connectivity index (χ3n) is 3.38. The van der Waals surface area contributed by atoms with E-state index in [1.165, 1.54) is 6.42 Å². The molecule has 0 heterocycles. The van der Waals surface area contributed by atoms with Gasteiger partial charge in [0.1, 0.15) is 5.60 Å². The molecular weight excluding hydrogens is 294 g/mol. The van der Waals surface area contributed by atoms with Crippen molar-refractivity contribution in [2.45, 2.75) is 64.5 Å². The molecule has 7 heteroatoms. The quantitative estimate of drug-likeness (QED) is 0.787. The van der Waals surface area contributed by atoms with Crippen LogP contribution in [0.4, 0.5) is 4.79 Å². The lowest BCUT2D eigenvalue weighted by Gasteiger charge is -2.31. The summed E-state index contributed by atoms with van der Waals surface area (Å²) >= 11 is 0. The van der Waals surface area contributed by atoms with Crippen LogP contribution in [0.15, 0.2) is 0 Å². The van der Waals surface area contributed by atoms with Gasteiger partial charge in [0.05, 0.1) is 18.9 Å². The van der Waals surface area contributed by atoms with E-state index < -0.39 is 21.8 Å². The van der Waals surface area contributed by atoms with Gasteiger partial charge >= 0.3 is 6.09 Å². The average Bonchev–Trinajstić information content (AvgIpc) is 2.32. The summed E-state index contributed by atoms with van der Waals surface area (Å²) in [6.07, 6.45) is 5.78. The minimum absolute atomic E-state index is 0.0389. The van der Waals surface area contributed by atoms with Crippen molar-refractivity contribution in [3.63, 3.8) is 0 Å². The molecule has 124 valence electrons. The number of amides is 1. The molecule has 1 N–H and O–H groups in total. The zero-order valence-corrected chi connectivity index (χ0v) is 14.2. The predicted molar refractivity (Wildman–Crippen MR) is 80.5 cm³/mol. The molecule has 0 radical (unpaired) electrons. The first-order chi connectivity index (χ1) is 9.57. The highest BCUT2D eigenvalue weighted by molar-refractivity contribution is 7.85. The van der Waals surface area contributed by atoms with Gasteiger partial charge in [0.25, 0.3) is 10.1 Å². The van der Waals surface area contributed by atoms with Gasteiger partial charge in [-0.25, -0.2) is 4.79 Å². The van der Waals surface area contributed by atoms with Crippen LogP contribution in [0.5, 0.6) is 0 Å². The van der Waals surface area contributed by atoms with Crippen molar-refractivity contribution in [2.24, 2.45) is 5.92 Å². The van der Waals surface area contributed by atoms with Crippen LogP contribution in [0.1, 0.15) is 52.9 Å². The second kappa shape index (κ2) is 7.45. The Morgan fingerprint density at radius 1 is 1.24 bits per heavy atom. The maximum Gasteiger partial charge on any atom is 0.407 e. The van der Waals surface area contributed by atoms with Gasteiger partial charge in [-0.05, 0) is 39.5 Å². The van der Waals surface area contributed by atoms with Crippen LogP contribution in [0.3, 0.4) is 0 Å². The molecule has 1 fully saturated rings. The van der Waals surface area contributed by atoms with Gasteiger partial charge in [-0.15, -0.1) is 0 Å². The molecule has 21 heavy (non-hydrogen) atoms. The van der Waals surface area contributed by atoms with E-state index in [1.807, 2.05) is 0 Å². The van der Waals surface area contributed by atoms with Crippen LogP contribution in [-0.4, -0.2) is 39.0 Å². The average molecular weight is 321 g/mol. The van der Waals surface area contributed by atoms with E-state index in [9.17, 15) is 13.2 Å². The smallest absolute Gasteiger partial charge is 0.407 e. The number of hydrogen-bond donors (Lipinski definition) is 1. The van der Waals surface area contributed by atoms with Gasteiger partial charge < -0.3 is 10.1 Å². The topological polar surface area (TPSA) is 81.7 Å². The van der Waals surface area contributed by atoms with Crippen molar-refractivity contribution in [3.8, 4) is 0 Å². The van der Waals surface area contributed by atoms with Crippen LogP contribution >= 0.6 is 0 Å². The molecule has 0 spiro atoms. The van der Waals surface area contributed by atoms with E-state index in [0.29, 0.717) is 0 Å². The van der Waals surface area contributed by atoms with Gasteiger partial charge in [-0.3, -0.25) is 4.18 Å². The summed E-state index contributed by atoms with van der Waals surface area (Å²) in [5.41, 5.74) is -0.584. The standard InChI is InChI=1S/C14H27NO5S/c1-14(2,3)20-13(16)15-12(10-19-21(4,17)18)11-8-6-5-7-9-11/h11-12H,5-10H2,1-4H3,(H,15,16)/t12-/m1/s1. The van der Waals surface area contributed by atoms with Gasteiger partial charge in [0, 0.05) is 0 Å². The van der Waals surface area contributed by atoms with Gasteiger partial charge in [0.15, 0.2) is 0 Å². The fourth-order valence-electron chi connectivity index (χ4n) is 2.49. The number of alkyl carbamates (subject to hydrolysis) is 1. The Labute approximate surface area is 127 Å². The summed E-state index contributed by atoms with van der Waals surface area (Å²) in [5, 5.41) is 2.77. The summed E-state index contributed by atoms with van der Waals surface area (Å²) in [6.45, 7) is 5.32. The molecule has 1 atom stereocenters. The van der Waals surface area contributed by atoms with Gasteiger partial charge in [-0.1, -0.05) is 19.3 Å². The van der Waals surface area contributed by atoms with Crippen LogP contribution < -0.4 is 5.32 Å². The fraction of sp³-hybridized carbons (Fsp3) is 0.929. The molecule has 1 aliphatic carbocycles. The first kappa shape index (κ1) is 18.2. The van der Waals surface area contributed by atoms with Gasteiger partial charge in [0.2, 0.25) is 0 Å². The first-order valence-corrected chi connectivity index (χ1v) is 9.22. The lowest BCUT2D eigenvalue weighted by atomic mass is 9.84. The first-order valence-electron chi connectivity index (χ1n) is 7.41. The second-order valence-corrected chi connectivity index (χ2v) is 8.28. The number of carbonyl (C=O) groups is 1. The van der Waals surface area contributed by atoms with E-state index in [2.05, 4.69) is 5.32 Å². The number of nitrogens with one attached hydrogen (secondary N) is 1. The Kier molecular flexibility index (Phi) is 6.46. The van der Waals surface area contributed by atoms with Crippen molar-refractivity contribution in [1.29, 1.82) is 0 Å². The molecule has 6 nitrogen and oxygen atoms in total. The van der Waals surface area contributed by atoms with Crippen LogP contribution in [0.25, 0.3) is 0 Å². The summed E-state index contributed by atoms with van der Waals surface area (Å²) in [7, 11) is -3.52. The Balaban J connectivity index is 2.64. The molecule has 0 unspecified atom stereocenters. The Bertz CT molecular complexity index is 435. The zero-order chi connectivity index (χ0) is 16.1. The number of hydrogen-bond acceptors (Lipinski definition) is 5. The molecule has 0 aromatic rings. The van der Waals surface area contributed by atoms with Crippen LogP contribution in [0.2, 0.25) is 0 Å². The lowest BCUT2D eigenvalue weighted by molar-refractivity contribution is 0.0450. The minimum atomic E-state index is -3.52. The number of carbonyl (C=O) groups excluding carboxylic acids is 1. The highest BCUT2D eigenvalue weighted by atomic mass is 32.2. The molecule has 1 amide bonds. The summed E-state index contributed by atoms with van der Waals surface area (Å²) in [5.74, 6) is 0.230. The maximum atomic E-state index is 11.9. The van der Waals surface area contributed by atoms with Crippen molar-refractivity contribution in [2.75, 3.05) is 12.9 Å². The fourth-order valence-corrected chi connectivity index (χ4v) is 2.88. The monoisotopic (exact) mass is 321 g/mol. The predicted octanol–water partition coefficient (Wildman–Crippen LogP) is 2.44. The summed E-state index contributed by atoms with van der Waals surface area (Å²) in [6, 6.07) is -0.338. The molecule has 0 bridgehead atoms. The Morgan fingerprint density at radius 2 is 1.81 bits per heavy atom. The van der Waals surface area contributed by atoms with E-state index in [-0.39, 0.29) is 18.6 Å². The van der Waals surface area contributed by atoms with Crippen molar-refractivity contribution < 1.29 is 22.1 Å². The van der Waals surface area contributed by atoms with Crippen LogP contribution in [-0.2, 0) is 19.0 Å². The van der Waals surface area contributed by atoms with Crippen LogP contribution in [0, 0.1) is 5.92 Å². The molecule has 1 rings (SSSR count). The van der Waals surface area contributed by atoms with E-state index in [0.717, 1.165) is 31.9 Å². The molecular formula is C14H27NO5S. The van der Waals surface area contributed by atoms with E-state index in [1.54, 1.807) is 20.8 Å². The summed E-state index contributed by atoms with van der Waals surface area (Å²) in [4.78, 5) is 11.9. The second-order valence-electron chi connectivity index (χ2n) is 6.64. The molecule has 0 aliphatic heterocycles. The third kappa shape index (κ3) is 8.26. The molecule has 0 saturated heterocycles. The molecule has 1 saturated carbocycles. The largest absolute Gasteiger partial charge is 0.444 e. The third-order valence-corrected chi connectivity index (χ3v) is 3.95. The Morgan fingerprint density at radius 3 is 2.29 bits per heavy atom. The van der Waals surface area contributed by atoms with E-state index >= 15 is 0 Å². The number of rotatable bonds is 5. The summed E-state index contributed by atoms with van der Waals surface area (Å²) < 4.78 is 32.4. The Hall–Kier alpha value is -0.820. The maximum absolute atomic E-state index is 11.9. The molecule has 1 aliphatic rings. The minimum Gasteiger partial charge on any atom is -0.444 e. The lowest BCUT2D eigenvalue weighted by Crippen LogP contribution is -2.46. The normalized spacial score (nSPS) is 19.0. The highest BCUT2D eigenvalue weighted by Gasteiger charge is 2.28. The van der Waals surface area contributed by atoms with Gasteiger partial charge in [-0.2, -0.15) is 8.42 Å². The van der Waals surface area contributed by atoms with E-state index in [4.69, 9.17) is 8.92 Å². The highest BCUT2D eigenvalue weighted by Crippen LogP contribution is 2.27. The van der Waals surface area contributed by atoms with Crippen molar-refractivity contribution in [1.82, 2.24) is 5.32 Å². The molecule has 0 aromatic carbocycles. The molecule has 0 aromatic heterocycles. The van der Waals surface area contributed by atoms with Crippen molar-refractivity contribution in [3.05, 3.63) is 0 Å². The SMILES string of the molecule is CC(C)(C)OC(=O)N[C@H](COS(C)(=O)=O)C1CCCCC1. The zero-order valence-electron chi connectivity index (χ0n) is 13.3. The van der Waals surface area contributed by atoms with Crippen molar-refractivity contribution >= 4 is 16.2 Å².